The summed E-state index contributed by atoms with van der Waals surface area (Å²) in [6, 6.07) is 98.0. The lowest BCUT2D eigenvalue weighted by Crippen LogP contribution is -2.25. The maximum atomic E-state index is 2.55. The van der Waals surface area contributed by atoms with Crippen molar-refractivity contribution in [2.75, 3.05) is 4.90 Å². The van der Waals surface area contributed by atoms with Gasteiger partial charge in [0.05, 0.1) is 5.41 Å². The molecule has 1 unspecified atom stereocenters. The van der Waals surface area contributed by atoms with E-state index in [9.17, 15) is 0 Å². The van der Waals surface area contributed by atoms with Crippen LogP contribution in [0.25, 0.3) is 66.8 Å². The van der Waals surface area contributed by atoms with E-state index in [1.54, 1.807) is 0 Å². The monoisotopic (exact) mass is 959 g/mol. The van der Waals surface area contributed by atoms with E-state index in [2.05, 4.69) is 287 Å². The number of hydrogen-bond acceptors (Lipinski definition) is 1. The van der Waals surface area contributed by atoms with E-state index in [4.69, 9.17) is 0 Å². The third-order valence-corrected chi connectivity index (χ3v) is 17.5. The highest BCUT2D eigenvalue weighted by Gasteiger charge is 2.51. The fourth-order valence-electron chi connectivity index (χ4n) is 13.9. The SMILES string of the molecule is CCC1(CC)c2cc(C(C)c3ccc(-c4c(-c5ccccc5)cccc4-c4ccc5c(c4)C4(c6ccccc6-c6ccccc64)c4ccccc4-5)cc3)ccc2-c2ccc(N(c3ccccc3)c3ccccc3)cc21. The summed E-state index contributed by atoms with van der Waals surface area (Å²) in [5, 5.41) is 0. The fourth-order valence-corrected chi connectivity index (χ4v) is 13.9. The first-order valence-electron chi connectivity index (χ1n) is 26.9. The lowest BCUT2D eigenvalue weighted by molar-refractivity contribution is 0.490. The molecule has 11 aromatic rings. The van der Waals surface area contributed by atoms with Crippen LogP contribution in [0, 0.1) is 0 Å². The largest absolute Gasteiger partial charge is 0.310 e. The van der Waals surface area contributed by atoms with Crippen LogP contribution in [0.5, 0.6) is 0 Å². The highest BCUT2D eigenvalue weighted by molar-refractivity contribution is 5.99. The summed E-state index contributed by atoms with van der Waals surface area (Å²) in [6.07, 6.45) is 2.05. The van der Waals surface area contributed by atoms with Crippen molar-refractivity contribution < 1.29 is 0 Å². The molecule has 0 aliphatic heterocycles. The van der Waals surface area contributed by atoms with Crippen LogP contribution in [0.3, 0.4) is 0 Å². The number of rotatable bonds is 10. The van der Waals surface area contributed by atoms with Gasteiger partial charge in [0.1, 0.15) is 0 Å². The molecule has 11 aromatic carbocycles. The molecule has 358 valence electrons. The molecule has 0 amide bonds. The van der Waals surface area contributed by atoms with Gasteiger partial charge in [-0.3, -0.25) is 0 Å². The van der Waals surface area contributed by atoms with Crippen molar-refractivity contribution in [1.82, 2.24) is 0 Å². The van der Waals surface area contributed by atoms with Crippen molar-refractivity contribution in [3.63, 3.8) is 0 Å². The van der Waals surface area contributed by atoms with Crippen LogP contribution in [-0.4, -0.2) is 0 Å². The second kappa shape index (κ2) is 17.7. The predicted molar refractivity (Wildman–Crippen MR) is 314 cm³/mol. The highest BCUT2D eigenvalue weighted by atomic mass is 15.1. The normalized spacial score (nSPS) is 14.1. The van der Waals surface area contributed by atoms with Gasteiger partial charge in [-0.05, 0) is 167 Å². The molecular formula is C74H57N. The van der Waals surface area contributed by atoms with E-state index in [-0.39, 0.29) is 11.3 Å². The van der Waals surface area contributed by atoms with Gasteiger partial charge in [-0.1, -0.05) is 239 Å². The van der Waals surface area contributed by atoms with Crippen molar-refractivity contribution >= 4 is 17.1 Å². The van der Waals surface area contributed by atoms with Gasteiger partial charge in [0.15, 0.2) is 0 Å². The number of para-hydroxylation sites is 2. The zero-order chi connectivity index (χ0) is 50.3. The molecular weight excluding hydrogens is 903 g/mol. The molecule has 0 N–H and O–H groups in total. The Morgan fingerprint density at radius 3 is 1.31 bits per heavy atom. The lowest BCUT2D eigenvalue weighted by Gasteiger charge is -2.32. The fraction of sp³-hybridized carbons (Fsp3) is 0.108. The molecule has 1 nitrogen and oxygen atoms in total. The van der Waals surface area contributed by atoms with Gasteiger partial charge in [-0.25, -0.2) is 0 Å². The molecule has 0 radical (unpaired) electrons. The average molecular weight is 960 g/mol. The van der Waals surface area contributed by atoms with Gasteiger partial charge in [0.25, 0.3) is 0 Å². The Labute approximate surface area is 442 Å². The standard InChI is InChI=1S/C74H57N/c1-4-73(5-2)69-46-53(40-43-63(69)64-45-42-57(48-70(64)73)75(55-24-11-7-12-25-55)56-26-13-8-14-27-56)49(3)50-36-38-52(39-37-50)72-58(51-22-9-6-10-23-51)31-21-32-59(72)54-41-44-65-62-30-17-20-35-68(62)74(71(65)47-54)66-33-18-15-28-60(66)61-29-16-19-34-67(61)74/h6-49H,4-5H2,1-3H3. The van der Waals surface area contributed by atoms with E-state index in [0.717, 1.165) is 24.2 Å². The Hall–Kier alpha value is -8.78. The zero-order valence-corrected chi connectivity index (χ0v) is 42.8. The van der Waals surface area contributed by atoms with Crippen LogP contribution < -0.4 is 4.90 Å². The van der Waals surface area contributed by atoms with Gasteiger partial charge in [-0.15, -0.1) is 0 Å². The van der Waals surface area contributed by atoms with Crippen molar-refractivity contribution in [3.8, 4) is 66.8 Å². The van der Waals surface area contributed by atoms with Gasteiger partial charge >= 0.3 is 0 Å². The van der Waals surface area contributed by atoms with Crippen LogP contribution in [0.4, 0.5) is 17.1 Å². The first-order chi connectivity index (χ1) is 37.0. The quantitative estimate of drug-likeness (QED) is 0.132. The summed E-state index contributed by atoms with van der Waals surface area (Å²) < 4.78 is 0. The predicted octanol–water partition coefficient (Wildman–Crippen LogP) is 19.7. The molecule has 0 saturated carbocycles. The molecule has 14 rings (SSSR count). The molecule has 0 aromatic heterocycles. The van der Waals surface area contributed by atoms with Crippen LogP contribution in [0.1, 0.15) is 84.0 Å². The summed E-state index contributed by atoms with van der Waals surface area (Å²) in [5.74, 6) is 0.192. The molecule has 75 heavy (non-hydrogen) atoms. The minimum absolute atomic E-state index is 0.0958. The van der Waals surface area contributed by atoms with Gasteiger partial charge in [0.2, 0.25) is 0 Å². The number of benzene rings is 11. The number of nitrogens with zero attached hydrogens (tertiary/aromatic N) is 1. The van der Waals surface area contributed by atoms with E-state index in [0.29, 0.717) is 0 Å². The van der Waals surface area contributed by atoms with Crippen LogP contribution in [0.2, 0.25) is 0 Å². The molecule has 3 aliphatic rings. The van der Waals surface area contributed by atoms with Crippen LogP contribution in [-0.2, 0) is 10.8 Å². The number of anilines is 3. The topological polar surface area (TPSA) is 3.24 Å². The molecule has 0 heterocycles. The van der Waals surface area contributed by atoms with Crippen LogP contribution >= 0.6 is 0 Å². The summed E-state index contributed by atoms with van der Waals surface area (Å²) in [6.45, 7) is 7.14. The van der Waals surface area contributed by atoms with Gasteiger partial charge in [0, 0.05) is 28.4 Å². The lowest BCUT2D eigenvalue weighted by atomic mass is 9.70. The molecule has 1 heteroatoms. The van der Waals surface area contributed by atoms with Gasteiger partial charge < -0.3 is 4.90 Å². The van der Waals surface area contributed by atoms with Crippen molar-refractivity contribution in [3.05, 3.63) is 305 Å². The molecule has 3 aliphatic carbocycles. The molecule has 0 bridgehead atoms. The second-order valence-corrected chi connectivity index (χ2v) is 20.9. The minimum atomic E-state index is -0.409. The van der Waals surface area contributed by atoms with E-state index >= 15 is 0 Å². The zero-order valence-electron chi connectivity index (χ0n) is 42.8. The summed E-state index contributed by atoms with van der Waals surface area (Å²) in [5.41, 5.74) is 29.4. The first kappa shape index (κ1) is 44.9. The highest BCUT2D eigenvalue weighted by Crippen LogP contribution is 2.63. The minimum Gasteiger partial charge on any atom is -0.310 e. The number of fused-ring (bicyclic) bond motifs is 13. The summed E-state index contributed by atoms with van der Waals surface area (Å²) >= 11 is 0. The maximum absolute atomic E-state index is 2.55. The number of hydrogen-bond donors (Lipinski definition) is 0. The second-order valence-electron chi connectivity index (χ2n) is 20.9. The van der Waals surface area contributed by atoms with E-state index < -0.39 is 5.41 Å². The van der Waals surface area contributed by atoms with Crippen molar-refractivity contribution in [2.45, 2.75) is 50.4 Å². The van der Waals surface area contributed by atoms with Crippen molar-refractivity contribution in [2.24, 2.45) is 0 Å². The Bertz CT molecular complexity index is 3870. The third kappa shape index (κ3) is 6.70. The maximum Gasteiger partial charge on any atom is 0.0725 e. The Morgan fingerprint density at radius 1 is 0.307 bits per heavy atom. The van der Waals surface area contributed by atoms with E-state index in [1.165, 1.54) is 117 Å². The summed E-state index contributed by atoms with van der Waals surface area (Å²) in [7, 11) is 0. The molecule has 1 spiro atoms. The Morgan fingerprint density at radius 2 is 0.733 bits per heavy atom. The first-order valence-corrected chi connectivity index (χ1v) is 26.9. The van der Waals surface area contributed by atoms with Crippen LogP contribution in [0.15, 0.2) is 261 Å². The average Bonchev–Trinajstić information content (AvgIpc) is 4.22. The Kier molecular flexibility index (Phi) is 10.6. The smallest absolute Gasteiger partial charge is 0.0725 e. The van der Waals surface area contributed by atoms with Gasteiger partial charge in [-0.2, -0.15) is 0 Å². The molecule has 0 fully saturated rings. The third-order valence-electron chi connectivity index (χ3n) is 17.5. The molecule has 1 atom stereocenters. The van der Waals surface area contributed by atoms with E-state index in [1.807, 2.05) is 0 Å². The Balaban J connectivity index is 0.850. The van der Waals surface area contributed by atoms with Crippen molar-refractivity contribution in [1.29, 1.82) is 0 Å². The molecule has 0 saturated heterocycles. The summed E-state index contributed by atoms with van der Waals surface area (Å²) in [4.78, 5) is 2.40.